The maximum Gasteiger partial charge on any atom is 0.254 e. The number of hydrogen-bond donors (Lipinski definition) is 0. The standard InChI is InChI=1S/C14H20FNO/c1-4-8-16(9-5-2)14(17)13-10-12(15)7-6-11(13)3/h6-7,10H,4-5,8-9H2,1-3H3. The third-order valence-corrected chi connectivity index (χ3v) is 2.70. The number of halogens is 1. The summed E-state index contributed by atoms with van der Waals surface area (Å²) in [6.45, 7) is 7.36. The van der Waals surface area contributed by atoms with Crippen LogP contribution in [0.15, 0.2) is 18.2 Å². The van der Waals surface area contributed by atoms with Gasteiger partial charge in [0.05, 0.1) is 0 Å². The van der Waals surface area contributed by atoms with Crippen LogP contribution in [0.4, 0.5) is 4.39 Å². The molecule has 0 saturated heterocycles. The molecule has 0 unspecified atom stereocenters. The van der Waals surface area contributed by atoms with Gasteiger partial charge in [0.2, 0.25) is 0 Å². The van der Waals surface area contributed by atoms with Crippen LogP contribution in [0.25, 0.3) is 0 Å². The molecule has 0 N–H and O–H groups in total. The van der Waals surface area contributed by atoms with Crippen molar-refractivity contribution in [1.29, 1.82) is 0 Å². The highest BCUT2D eigenvalue weighted by Crippen LogP contribution is 2.13. The van der Waals surface area contributed by atoms with E-state index in [1.165, 1.54) is 12.1 Å². The minimum absolute atomic E-state index is 0.0642. The maximum absolute atomic E-state index is 13.2. The Balaban J connectivity index is 2.95. The summed E-state index contributed by atoms with van der Waals surface area (Å²) >= 11 is 0. The fourth-order valence-corrected chi connectivity index (χ4v) is 1.85. The van der Waals surface area contributed by atoms with Crippen molar-refractivity contribution in [2.45, 2.75) is 33.6 Å². The number of carbonyl (C=O) groups is 1. The van der Waals surface area contributed by atoms with Crippen molar-refractivity contribution in [3.8, 4) is 0 Å². The average Bonchev–Trinajstić information content (AvgIpc) is 2.31. The van der Waals surface area contributed by atoms with Crippen LogP contribution < -0.4 is 0 Å². The third kappa shape index (κ3) is 3.55. The van der Waals surface area contributed by atoms with Crippen molar-refractivity contribution in [3.63, 3.8) is 0 Å². The van der Waals surface area contributed by atoms with Crippen molar-refractivity contribution < 1.29 is 9.18 Å². The first-order chi connectivity index (χ1) is 8.10. The van der Waals surface area contributed by atoms with E-state index < -0.39 is 0 Å². The number of rotatable bonds is 5. The Hall–Kier alpha value is -1.38. The Morgan fingerprint density at radius 2 is 1.82 bits per heavy atom. The minimum atomic E-state index is -0.355. The molecule has 3 heteroatoms. The number of amides is 1. The monoisotopic (exact) mass is 237 g/mol. The van der Waals surface area contributed by atoms with Crippen LogP contribution in [0, 0.1) is 12.7 Å². The van der Waals surface area contributed by atoms with Crippen molar-refractivity contribution in [3.05, 3.63) is 35.1 Å². The molecule has 0 aliphatic carbocycles. The Bertz CT molecular complexity index is 384. The Labute approximate surface area is 102 Å². The molecular weight excluding hydrogens is 217 g/mol. The lowest BCUT2D eigenvalue weighted by Crippen LogP contribution is -2.33. The van der Waals surface area contributed by atoms with Crippen molar-refractivity contribution >= 4 is 5.91 Å². The van der Waals surface area contributed by atoms with E-state index in [-0.39, 0.29) is 11.7 Å². The summed E-state index contributed by atoms with van der Waals surface area (Å²) in [7, 11) is 0. The Morgan fingerprint density at radius 3 is 2.35 bits per heavy atom. The summed E-state index contributed by atoms with van der Waals surface area (Å²) in [5.74, 6) is -0.419. The van der Waals surface area contributed by atoms with Crippen LogP contribution in [0.2, 0.25) is 0 Å². The molecule has 1 amide bonds. The van der Waals surface area contributed by atoms with Gasteiger partial charge in [-0.15, -0.1) is 0 Å². The SMILES string of the molecule is CCCN(CCC)C(=O)c1cc(F)ccc1C. The first-order valence-electron chi connectivity index (χ1n) is 6.15. The summed E-state index contributed by atoms with van der Waals surface area (Å²) in [5.41, 5.74) is 1.31. The second-order valence-electron chi connectivity index (χ2n) is 4.25. The number of benzene rings is 1. The Morgan fingerprint density at radius 1 is 1.24 bits per heavy atom. The van der Waals surface area contributed by atoms with E-state index in [0.29, 0.717) is 5.56 Å². The molecule has 1 aromatic rings. The average molecular weight is 237 g/mol. The second kappa shape index (κ2) is 6.38. The van der Waals surface area contributed by atoms with Gasteiger partial charge < -0.3 is 4.90 Å². The lowest BCUT2D eigenvalue weighted by molar-refractivity contribution is 0.0754. The van der Waals surface area contributed by atoms with Crippen LogP contribution in [0.3, 0.4) is 0 Å². The molecule has 0 atom stereocenters. The zero-order valence-electron chi connectivity index (χ0n) is 10.8. The number of carbonyl (C=O) groups excluding carboxylic acids is 1. The molecule has 0 aliphatic heterocycles. The van der Waals surface area contributed by atoms with Gasteiger partial charge in [-0.05, 0) is 37.5 Å². The van der Waals surface area contributed by atoms with Gasteiger partial charge in [-0.1, -0.05) is 19.9 Å². The van der Waals surface area contributed by atoms with Crippen molar-refractivity contribution in [1.82, 2.24) is 4.90 Å². The molecular formula is C14H20FNO. The predicted octanol–water partition coefficient (Wildman–Crippen LogP) is 3.40. The molecule has 0 radical (unpaired) electrons. The minimum Gasteiger partial charge on any atom is -0.339 e. The van der Waals surface area contributed by atoms with Crippen molar-refractivity contribution in [2.24, 2.45) is 0 Å². The van der Waals surface area contributed by atoms with Gasteiger partial charge in [0, 0.05) is 18.7 Å². The highest BCUT2D eigenvalue weighted by molar-refractivity contribution is 5.95. The van der Waals surface area contributed by atoms with E-state index in [2.05, 4.69) is 0 Å². The van der Waals surface area contributed by atoms with E-state index >= 15 is 0 Å². The van der Waals surface area contributed by atoms with Crippen LogP contribution in [-0.4, -0.2) is 23.9 Å². The summed E-state index contributed by atoms with van der Waals surface area (Å²) < 4.78 is 13.2. The van der Waals surface area contributed by atoms with Gasteiger partial charge in [0.15, 0.2) is 0 Å². The quantitative estimate of drug-likeness (QED) is 0.768. The summed E-state index contributed by atoms with van der Waals surface area (Å²) in [5, 5.41) is 0. The molecule has 1 aromatic carbocycles. The molecule has 0 aliphatic rings. The van der Waals surface area contributed by atoms with E-state index in [4.69, 9.17) is 0 Å². The molecule has 17 heavy (non-hydrogen) atoms. The van der Waals surface area contributed by atoms with E-state index in [1.54, 1.807) is 11.0 Å². The van der Waals surface area contributed by atoms with Crippen LogP contribution in [-0.2, 0) is 0 Å². The molecule has 0 fully saturated rings. The molecule has 94 valence electrons. The first kappa shape index (κ1) is 13.7. The van der Waals surface area contributed by atoms with E-state index in [0.717, 1.165) is 31.5 Å². The first-order valence-corrected chi connectivity index (χ1v) is 6.15. The lowest BCUT2D eigenvalue weighted by Gasteiger charge is -2.22. The highest BCUT2D eigenvalue weighted by atomic mass is 19.1. The smallest absolute Gasteiger partial charge is 0.254 e. The van der Waals surface area contributed by atoms with E-state index in [9.17, 15) is 9.18 Å². The van der Waals surface area contributed by atoms with Gasteiger partial charge in [-0.2, -0.15) is 0 Å². The van der Waals surface area contributed by atoms with Gasteiger partial charge >= 0.3 is 0 Å². The summed E-state index contributed by atoms with van der Waals surface area (Å²) in [4.78, 5) is 14.1. The molecule has 0 spiro atoms. The van der Waals surface area contributed by atoms with Gasteiger partial charge in [-0.3, -0.25) is 4.79 Å². The van der Waals surface area contributed by atoms with Crippen molar-refractivity contribution in [2.75, 3.05) is 13.1 Å². The highest BCUT2D eigenvalue weighted by Gasteiger charge is 2.16. The number of aryl methyl sites for hydroxylation is 1. The fraction of sp³-hybridized carbons (Fsp3) is 0.500. The summed E-state index contributed by atoms with van der Waals surface area (Å²) in [6, 6.07) is 4.37. The molecule has 0 heterocycles. The van der Waals surface area contributed by atoms with E-state index in [1.807, 2.05) is 20.8 Å². The molecule has 0 saturated carbocycles. The molecule has 0 bridgehead atoms. The van der Waals surface area contributed by atoms with Gasteiger partial charge in [0.25, 0.3) is 5.91 Å². The molecule has 0 aromatic heterocycles. The van der Waals surface area contributed by atoms with Crippen LogP contribution in [0.5, 0.6) is 0 Å². The molecule has 2 nitrogen and oxygen atoms in total. The summed E-state index contributed by atoms with van der Waals surface area (Å²) in [6.07, 6.45) is 1.83. The fourth-order valence-electron chi connectivity index (χ4n) is 1.85. The predicted molar refractivity (Wildman–Crippen MR) is 67.6 cm³/mol. The Kier molecular flexibility index (Phi) is 5.13. The third-order valence-electron chi connectivity index (χ3n) is 2.70. The largest absolute Gasteiger partial charge is 0.339 e. The topological polar surface area (TPSA) is 20.3 Å². The number of hydrogen-bond acceptors (Lipinski definition) is 1. The van der Waals surface area contributed by atoms with Crippen LogP contribution >= 0.6 is 0 Å². The maximum atomic E-state index is 13.2. The second-order valence-corrected chi connectivity index (χ2v) is 4.25. The van der Waals surface area contributed by atoms with Gasteiger partial charge in [0.1, 0.15) is 5.82 Å². The molecule has 1 rings (SSSR count). The lowest BCUT2D eigenvalue weighted by atomic mass is 10.1. The zero-order valence-corrected chi connectivity index (χ0v) is 10.8. The normalized spacial score (nSPS) is 10.4. The van der Waals surface area contributed by atoms with Gasteiger partial charge in [-0.25, -0.2) is 4.39 Å². The zero-order chi connectivity index (χ0) is 12.8. The number of nitrogens with zero attached hydrogens (tertiary/aromatic N) is 1. The van der Waals surface area contributed by atoms with Crippen LogP contribution in [0.1, 0.15) is 42.6 Å².